The van der Waals surface area contributed by atoms with Crippen molar-refractivity contribution in [1.82, 2.24) is 10.2 Å². The van der Waals surface area contributed by atoms with E-state index in [0.717, 1.165) is 5.69 Å². The minimum atomic E-state index is -3.47. The molecule has 0 bridgehead atoms. The number of nitrogens with zero attached hydrogens (tertiary/aromatic N) is 2. The summed E-state index contributed by atoms with van der Waals surface area (Å²) in [5.74, 6) is -0.234. The molecule has 2 aliphatic rings. The third-order valence-electron chi connectivity index (χ3n) is 5.25. The second-order valence-electron chi connectivity index (χ2n) is 6.78. The second kappa shape index (κ2) is 7.13. The van der Waals surface area contributed by atoms with E-state index in [1.807, 2.05) is 24.3 Å². The molecule has 2 aliphatic heterocycles. The van der Waals surface area contributed by atoms with Crippen LogP contribution in [0.4, 0.5) is 5.69 Å². The molecule has 0 aliphatic carbocycles. The molecular weight excluding hydrogens is 362 g/mol. The number of piperidine rings is 1. The number of sulfone groups is 1. The maximum atomic E-state index is 13.1. The highest BCUT2D eigenvalue weighted by Gasteiger charge is 2.50. The summed E-state index contributed by atoms with van der Waals surface area (Å²) >= 11 is 6.05. The van der Waals surface area contributed by atoms with Gasteiger partial charge in [0.05, 0.1) is 0 Å². The SMILES string of the molecule is CS(=O)(=O)C1(C(=O)N2CCN(c3cccc(Cl)c3)CC2)CCNCC1. The van der Waals surface area contributed by atoms with Crippen LogP contribution in [0.2, 0.25) is 5.02 Å². The molecule has 0 aromatic heterocycles. The van der Waals surface area contributed by atoms with Crippen molar-refractivity contribution >= 4 is 33.0 Å². The maximum absolute atomic E-state index is 13.1. The van der Waals surface area contributed by atoms with Gasteiger partial charge >= 0.3 is 0 Å². The van der Waals surface area contributed by atoms with Gasteiger partial charge in [-0.15, -0.1) is 0 Å². The van der Waals surface area contributed by atoms with Gasteiger partial charge in [-0.1, -0.05) is 17.7 Å². The van der Waals surface area contributed by atoms with Crippen molar-refractivity contribution in [3.05, 3.63) is 29.3 Å². The quantitative estimate of drug-likeness (QED) is 0.845. The van der Waals surface area contributed by atoms with E-state index in [4.69, 9.17) is 11.6 Å². The molecule has 0 atom stereocenters. The Balaban J connectivity index is 1.72. The lowest BCUT2D eigenvalue weighted by Gasteiger charge is -2.42. The van der Waals surface area contributed by atoms with Gasteiger partial charge in [-0.25, -0.2) is 8.42 Å². The van der Waals surface area contributed by atoms with Crippen molar-refractivity contribution in [3.8, 4) is 0 Å². The van der Waals surface area contributed by atoms with Gasteiger partial charge in [0.1, 0.15) is 0 Å². The predicted molar refractivity (Wildman–Crippen MR) is 99.9 cm³/mol. The van der Waals surface area contributed by atoms with Gasteiger partial charge in [-0.2, -0.15) is 0 Å². The first kappa shape index (κ1) is 18.5. The first-order valence-electron chi connectivity index (χ1n) is 8.54. The zero-order valence-electron chi connectivity index (χ0n) is 14.4. The molecule has 3 rings (SSSR count). The number of amides is 1. The van der Waals surface area contributed by atoms with Crippen molar-refractivity contribution in [2.75, 3.05) is 50.4 Å². The Morgan fingerprint density at radius 1 is 1.16 bits per heavy atom. The van der Waals surface area contributed by atoms with Crippen LogP contribution in [0, 0.1) is 0 Å². The molecule has 2 heterocycles. The van der Waals surface area contributed by atoms with Crippen LogP contribution in [0.15, 0.2) is 24.3 Å². The van der Waals surface area contributed by atoms with Crippen LogP contribution in [0.3, 0.4) is 0 Å². The molecule has 2 fully saturated rings. The van der Waals surface area contributed by atoms with Gasteiger partial charge in [0, 0.05) is 43.1 Å². The number of rotatable bonds is 3. The lowest BCUT2D eigenvalue weighted by molar-refractivity contribution is -0.135. The molecular formula is C17H24ClN3O3S. The highest BCUT2D eigenvalue weighted by Crippen LogP contribution is 2.31. The van der Waals surface area contributed by atoms with E-state index in [2.05, 4.69) is 10.2 Å². The Hall–Kier alpha value is -1.31. The molecule has 138 valence electrons. The number of carbonyl (C=O) groups excluding carboxylic acids is 1. The van der Waals surface area contributed by atoms with Crippen LogP contribution >= 0.6 is 11.6 Å². The zero-order valence-corrected chi connectivity index (χ0v) is 15.9. The van der Waals surface area contributed by atoms with Crippen LogP contribution in [0.1, 0.15) is 12.8 Å². The molecule has 0 radical (unpaired) electrons. The summed E-state index contributed by atoms with van der Waals surface area (Å²) in [7, 11) is -3.47. The van der Waals surface area contributed by atoms with E-state index >= 15 is 0 Å². The summed E-state index contributed by atoms with van der Waals surface area (Å²) in [6, 6.07) is 7.64. The molecule has 25 heavy (non-hydrogen) atoms. The highest BCUT2D eigenvalue weighted by molar-refractivity contribution is 7.92. The number of halogens is 1. The fourth-order valence-corrected chi connectivity index (χ4v) is 5.28. The normalized spacial score (nSPS) is 21.2. The molecule has 0 spiro atoms. The summed E-state index contributed by atoms with van der Waals surface area (Å²) in [6.45, 7) is 3.50. The number of benzene rings is 1. The van der Waals surface area contributed by atoms with Crippen molar-refractivity contribution in [1.29, 1.82) is 0 Å². The predicted octanol–water partition coefficient (Wildman–Crippen LogP) is 1.16. The van der Waals surface area contributed by atoms with Crippen molar-refractivity contribution in [2.45, 2.75) is 17.6 Å². The standard InChI is InChI=1S/C17H24ClN3O3S/c1-25(23,24)17(5-7-19-8-6-17)16(22)21-11-9-20(10-12-21)15-4-2-3-14(18)13-15/h2-4,13,19H,5-12H2,1H3. The minimum absolute atomic E-state index is 0.234. The fraction of sp³-hybridized carbons (Fsp3) is 0.588. The number of carbonyl (C=O) groups is 1. The first-order chi connectivity index (χ1) is 11.8. The number of anilines is 1. The Morgan fingerprint density at radius 3 is 2.36 bits per heavy atom. The van der Waals surface area contributed by atoms with Crippen molar-refractivity contribution < 1.29 is 13.2 Å². The number of piperazine rings is 1. The van der Waals surface area contributed by atoms with Crippen LogP contribution in [0.25, 0.3) is 0 Å². The number of nitrogens with one attached hydrogen (secondary N) is 1. The molecule has 1 amide bonds. The van der Waals surface area contributed by atoms with Crippen LogP contribution < -0.4 is 10.2 Å². The third kappa shape index (κ3) is 3.64. The smallest absolute Gasteiger partial charge is 0.244 e. The minimum Gasteiger partial charge on any atom is -0.368 e. The molecule has 2 saturated heterocycles. The summed E-state index contributed by atoms with van der Waals surface area (Å²) in [6.07, 6.45) is 1.89. The van der Waals surface area contributed by atoms with E-state index in [1.165, 1.54) is 6.26 Å². The van der Waals surface area contributed by atoms with Crippen LogP contribution in [-0.4, -0.2) is 69.5 Å². The van der Waals surface area contributed by atoms with E-state index in [-0.39, 0.29) is 5.91 Å². The Labute approximate surface area is 154 Å². The first-order valence-corrected chi connectivity index (χ1v) is 10.8. The Morgan fingerprint density at radius 2 is 1.80 bits per heavy atom. The van der Waals surface area contributed by atoms with Crippen LogP contribution in [0.5, 0.6) is 0 Å². The number of hydrogen-bond donors (Lipinski definition) is 1. The second-order valence-corrected chi connectivity index (χ2v) is 9.54. The lowest BCUT2D eigenvalue weighted by atomic mass is 9.94. The molecule has 6 nitrogen and oxygen atoms in total. The molecule has 1 aromatic rings. The van der Waals surface area contributed by atoms with Gasteiger partial charge in [0.2, 0.25) is 5.91 Å². The summed E-state index contributed by atoms with van der Waals surface area (Å²) < 4.78 is 23.6. The lowest BCUT2D eigenvalue weighted by Crippen LogP contribution is -2.61. The summed E-state index contributed by atoms with van der Waals surface area (Å²) in [5, 5.41) is 3.83. The van der Waals surface area contributed by atoms with E-state index in [1.54, 1.807) is 4.90 Å². The Kier molecular flexibility index (Phi) is 5.27. The largest absolute Gasteiger partial charge is 0.368 e. The van der Waals surface area contributed by atoms with Gasteiger partial charge < -0.3 is 15.1 Å². The fourth-order valence-electron chi connectivity index (χ4n) is 3.70. The molecule has 0 unspecified atom stereocenters. The van der Waals surface area contributed by atoms with Gasteiger partial charge in [-0.3, -0.25) is 4.79 Å². The van der Waals surface area contributed by atoms with E-state index in [9.17, 15) is 13.2 Å². The molecule has 1 aromatic carbocycles. The van der Waals surface area contributed by atoms with E-state index in [0.29, 0.717) is 57.1 Å². The molecule has 8 heteroatoms. The van der Waals surface area contributed by atoms with Gasteiger partial charge in [-0.05, 0) is 44.1 Å². The maximum Gasteiger partial charge on any atom is 0.244 e. The van der Waals surface area contributed by atoms with E-state index < -0.39 is 14.6 Å². The molecule has 0 saturated carbocycles. The highest BCUT2D eigenvalue weighted by atomic mass is 35.5. The topological polar surface area (TPSA) is 69.7 Å². The molecule has 1 N–H and O–H groups in total. The average molecular weight is 386 g/mol. The van der Waals surface area contributed by atoms with Gasteiger partial charge in [0.25, 0.3) is 0 Å². The summed E-state index contributed by atoms with van der Waals surface area (Å²) in [4.78, 5) is 17.0. The van der Waals surface area contributed by atoms with Gasteiger partial charge in [0.15, 0.2) is 14.6 Å². The average Bonchev–Trinajstić information content (AvgIpc) is 2.61. The van der Waals surface area contributed by atoms with Crippen molar-refractivity contribution in [3.63, 3.8) is 0 Å². The third-order valence-corrected chi connectivity index (χ3v) is 7.49. The number of hydrogen-bond acceptors (Lipinski definition) is 5. The van der Waals surface area contributed by atoms with Crippen LogP contribution in [-0.2, 0) is 14.6 Å². The zero-order chi connectivity index (χ0) is 18.1. The summed E-state index contributed by atoms with van der Waals surface area (Å²) in [5.41, 5.74) is 1.03. The Bertz CT molecular complexity index is 739. The monoisotopic (exact) mass is 385 g/mol. The van der Waals surface area contributed by atoms with Crippen molar-refractivity contribution in [2.24, 2.45) is 0 Å².